The number of halogens is 2. The molecule has 4 N–H and O–H groups in total. The maximum Gasteiger partial charge on any atom is 0.338 e. The first-order chi connectivity index (χ1) is 21.6. The van der Waals surface area contributed by atoms with Crippen LogP contribution in [0.2, 0.25) is 5.02 Å². The van der Waals surface area contributed by atoms with Gasteiger partial charge in [0.05, 0.1) is 39.5 Å². The standard InChI is InChI=1S/C31H28BrClN4O7S/c1-3-42-30(41)26-17(2)35-31(45)36-27(26)21-6-4-5-7-24(21)43-16-25(38)37-34-14-19-12-22(32)28(23(33)13-19)44-15-18-8-10-20(11-9-18)29(39)40/h4-14,27H,3,15-16H2,1-2H3,(H,37,38)(H,39,40)(H2,35,36,45)/t27-/m0/s1. The number of hydrazone groups is 1. The van der Waals surface area contributed by atoms with Gasteiger partial charge in [0.2, 0.25) is 0 Å². The number of carbonyl (C=O) groups excluding carboxylic acids is 2. The molecular formula is C31H28BrClN4O7S. The first-order valence-corrected chi connectivity index (χ1v) is 15.1. The highest BCUT2D eigenvalue weighted by molar-refractivity contribution is 9.10. The van der Waals surface area contributed by atoms with Crippen LogP contribution in [0.3, 0.4) is 0 Å². The second kappa shape index (κ2) is 15.5. The average Bonchev–Trinajstić information content (AvgIpc) is 2.99. The van der Waals surface area contributed by atoms with Gasteiger partial charge in [-0.3, -0.25) is 4.79 Å². The van der Waals surface area contributed by atoms with E-state index in [0.29, 0.717) is 48.5 Å². The van der Waals surface area contributed by atoms with E-state index in [2.05, 4.69) is 37.1 Å². The zero-order valence-corrected chi connectivity index (χ0v) is 27.2. The lowest BCUT2D eigenvalue weighted by Crippen LogP contribution is -2.45. The number of carboxylic acid groups (broad SMARTS) is 1. The van der Waals surface area contributed by atoms with E-state index in [1.807, 2.05) is 0 Å². The van der Waals surface area contributed by atoms with Gasteiger partial charge < -0.3 is 30.0 Å². The number of hydrogen-bond acceptors (Lipinski definition) is 8. The molecule has 1 heterocycles. The zero-order valence-electron chi connectivity index (χ0n) is 24.1. The van der Waals surface area contributed by atoms with Crippen molar-refractivity contribution in [1.82, 2.24) is 16.1 Å². The number of thiocarbonyl (C=S) groups is 1. The first-order valence-electron chi connectivity index (χ1n) is 13.5. The molecule has 3 aromatic rings. The number of nitrogens with zero attached hydrogens (tertiary/aromatic N) is 1. The van der Waals surface area contributed by atoms with Gasteiger partial charge in [-0.25, -0.2) is 15.0 Å². The molecule has 14 heteroatoms. The molecule has 11 nitrogen and oxygen atoms in total. The molecule has 0 spiro atoms. The highest BCUT2D eigenvalue weighted by atomic mass is 79.9. The highest BCUT2D eigenvalue weighted by Gasteiger charge is 2.32. The van der Waals surface area contributed by atoms with Crippen LogP contribution >= 0.6 is 39.7 Å². The third kappa shape index (κ3) is 8.81. The number of ether oxygens (including phenoxy) is 3. The summed E-state index contributed by atoms with van der Waals surface area (Å²) in [5.41, 5.74) is 5.45. The van der Waals surface area contributed by atoms with Gasteiger partial charge in [-0.05, 0) is 83.5 Å². The van der Waals surface area contributed by atoms with E-state index in [9.17, 15) is 14.4 Å². The Bertz CT molecular complexity index is 1660. The Morgan fingerprint density at radius 3 is 2.56 bits per heavy atom. The molecular weight excluding hydrogens is 688 g/mol. The number of aromatic carboxylic acids is 1. The minimum atomic E-state index is -1.01. The Kier molecular flexibility index (Phi) is 11.5. The van der Waals surface area contributed by atoms with Crippen molar-refractivity contribution in [3.63, 3.8) is 0 Å². The molecule has 1 aliphatic heterocycles. The smallest absolute Gasteiger partial charge is 0.338 e. The Morgan fingerprint density at radius 2 is 1.87 bits per heavy atom. The number of hydrogen-bond donors (Lipinski definition) is 4. The van der Waals surface area contributed by atoms with Gasteiger partial charge in [-0.15, -0.1) is 0 Å². The molecule has 4 rings (SSSR count). The molecule has 1 atom stereocenters. The van der Waals surface area contributed by atoms with Gasteiger partial charge in [0.15, 0.2) is 17.5 Å². The van der Waals surface area contributed by atoms with Crippen LogP contribution in [0.4, 0.5) is 0 Å². The van der Waals surface area contributed by atoms with E-state index in [-0.39, 0.29) is 25.4 Å². The van der Waals surface area contributed by atoms with Gasteiger partial charge >= 0.3 is 11.9 Å². The number of carboxylic acids is 1. The predicted octanol–water partition coefficient (Wildman–Crippen LogP) is 5.26. The summed E-state index contributed by atoms with van der Waals surface area (Å²) in [6, 6.07) is 16.0. The van der Waals surface area contributed by atoms with Crippen LogP contribution in [0.15, 0.2) is 81.5 Å². The van der Waals surface area contributed by atoms with Crippen molar-refractivity contribution in [1.29, 1.82) is 0 Å². The maximum absolute atomic E-state index is 12.7. The molecule has 234 valence electrons. The highest BCUT2D eigenvalue weighted by Crippen LogP contribution is 2.35. The zero-order chi connectivity index (χ0) is 32.5. The molecule has 0 fully saturated rings. The summed E-state index contributed by atoms with van der Waals surface area (Å²) in [5, 5.41) is 19.7. The molecule has 0 bridgehead atoms. The van der Waals surface area contributed by atoms with Crippen LogP contribution in [-0.2, 0) is 20.9 Å². The van der Waals surface area contributed by atoms with Crippen molar-refractivity contribution in [3.8, 4) is 11.5 Å². The van der Waals surface area contributed by atoms with Gasteiger partial charge in [0.1, 0.15) is 12.4 Å². The van der Waals surface area contributed by atoms with Crippen LogP contribution in [0.5, 0.6) is 11.5 Å². The average molecular weight is 716 g/mol. The van der Waals surface area contributed by atoms with E-state index in [4.69, 9.17) is 43.1 Å². The summed E-state index contributed by atoms with van der Waals surface area (Å²) < 4.78 is 17.4. The van der Waals surface area contributed by atoms with Gasteiger partial charge in [0.25, 0.3) is 5.91 Å². The van der Waals surface area contributed by atoms with E-state index in [1.54, 1.807) is 62.4 Å². The second-order valence-electron chi connectivity index (χ2n) is 9.51. The Morgan fingerprint density at radius 1 is 1.13 bits per heavy atom. The minimum Gasteiger partial charge on any atom is -0.486 e. The van der Waals surface area contributed by atoms with Crippen LogP contribution in [0.25, 0.3) is 0 Å². The van der Waals surface area contributed by atoms with E-state index < -0.39 is 23.9 Å². The summed E-state index contributed by atoms with van der Waals surface area (Å²) in [6.07, 6.45) is 1.41. The van der Waals surface area contributed by atoms with Gasteiger partial charge in [-0.1, -0.05) is 41.9 Å². The Hall–Kier alpha value is -4.46. The van der Waals surface area contributed by atoms with Crippen molar-refractivity contribution in [3.05, 3.63) is 104 Å². The molecule has 1 aliphatic rings. The Labute approximate surface area is 277 Å². The molecule has 1 amide bonds. The fourth-order valence-electron chi connectivity index (χ4n) is 4.30. The normalized spacial score (nSPS) is 14.4. The number of nitrogens with one attached hydrogen (secondary N) is 3. The van der Waals surface area contributed by atoms with E-state index in [1.165, 1.54) is 18.3 Å². The summed E-state index contributed by atoms with van der Waals surface area (Å²) in [5.74, 6) is -1.26. The van der Waals surface area contributed by atoms with Crippen LogP contribution in [0, 0.1) is 0 Å². The van der Waals surface area contributed by atoms with E-state index in [0.717, 1.165) is 5.56 Å². The quantitative estimate of drug-likeness (QED) is 0.0847. The fraction of sp³-hybridized carbons (Fsp3) is 0.194. The largest absolute Gasteiger partial charge is 0.486 e. The summed E-state index contributed by atoms with van der Waals surface area (Å²) in [4.78, 5) is 36.3. The van der Waals surface area contributed by atoms with Crippen LogP contribution < -0.4 is 25.5 Å². The minimum absolute atomic E-state index is 0.172. The second-order valence-corrected chi connectivity index (χ2v) is 11.2. The van der Waals surface area contributed by atoms with Crippen LogP contribution in [0.1, 0.15) is 46.9 Å². The topological polar surface area (TPSA) is 148 Å². The first kappa shape index (κ1) is 33.4. The number of allylic oxidation sites excluding steroid dienone is 1. The molecule has 0 aliphatic carbocycles. The summed E-state index contributed by atoms with van der Waals surface area (Å²) >= 11 is 15.2. The summed E-state index contributed by atoms with van der Waals surface area (Å²) in [7, 11) is 0. The molecule has 0 saturated carbocycles. The number of rotatable bonds is 12. The third-order valence-corrected chi connectivity index (χ3v) is 7.45. The van der Waals surface area contributed by atoms with Crippen molar-refractivity contribution in [2.24, 2.45) is 5.10 Å². The monoisotopic (exact) mass is 714 g/mol. The van der Waals surface area contributed by atoms with Gasteiger partial charge in [-0.2, -0.15) is 5.10 Å². The molecule has 45 heavy (non-hydrogen) atoms. The molecule has 0 radical (unpaired) electrons. The lowest BCUT2D eigenvalue weighted by molar-refractivity contribution is -0.139. The van der Waals surface area contributed by atoms with Crippen molar-refractivity contribution < 1.29 is 33.7 Å². The number of para-hydroxylation sites is 1. The predicted molar refractivity (Wildman–Crippen MR) is 176 cm³/mol. The Balaban J connectivity index is 1.36. The lowest BCUT2D eigenvalue weighted by atomic mass is 9.95. The molecule has 0 aromatic heterocycles. The SMILES string of the molecule is CCOC(=O)C1=C(C)NC(=S)N[C@H]1c1ccccc1OCC(=O)NN=Cc1cc(Cl)c(OCc2ccc(C(=O)O)cc2)c(Br)c1. The number of esters is 1. The van der Waals surface area contributed by atoms with Crippen molar-refractivity contribution in [2.75, 3.05) is 13.2 Å². The lowest BCUT2D eigenvalue weighted by Gasteiger charge is -2.30. The van der Waals surface area contributed by atoms with Gasteiger partial charge in [0, 0.05) is 11.3 Å². The number of amides is 1. The van der Waals surface area contributed by atoms with Crippen molar-refractivity contribution >= 4 is 68.9 Å². The number of benzene rings is 3. The van der Waals surface area contributed by atoms with Crippen LogP contribution in [-0.4, -0.2) is 47.5 Å². The molecule has 0 saturated heterocycles. The summed E-state index contributed by atoms with van der Waals surface area (Å²) in [6.45, 7) is 3.48. The third-order valence-electron chi connectivity index (χ3n) is 6.36. The fourth-order valence-corrected chi connectivity index (χ4v) is 5.56. The maximum atomic E-state index is 12.7. The van der Waals surface area contributed by atoms with E-state index >= 15 is 0 Å². The molecule has 0 unspecified atom stereocenters. The van der Waals surface area contributed by atoms with Crippen molar-refractivity contribution in [2.45, 2.75) is 26.5 Å². The molecule has 3 aromatic carbocycles. The number of carbonyl (C=O) groups is 3.